The van der Waals surface area contributed by atoms with Crippen molar-refractivity contribution in [1.82, 2.24) is 15.0 Å². The summed E-state index contributed by atoms with van der Waals surface area (Å²) < 4.78 is 13.2. The molecule has 0 fully saturated rings. The van der Waals surface area contributed by atoms with E-state index in [0.29, 0.717) is 0 Å². The lowest BCUT2D eigenvalue weighted by molar-refractivity contribution is 0.628. The zero-order valence-electron chi connectivity index (χ0n) is 13.0. The van der Waals surface area contributed by atoms with Gasteiger partial charge >= 0.3 is 0 Å². The fraction of sp³-hybridized carbons (Fsp3) is 0.211. The van der Waals surface area contributed by atoms with E-state index >= 15 is 0 Å². The van der Waals surface area contributed by atoms with E-state index in [4.69, 9.17) is 4.98 Å². The van der Waals surface area contributed by atoms with Gasteiger partial charge < -0.3 is 0 Å². The Morgan fingerprint density at radius 1 is 0.957 bits per heavy atom. The molecule has 0 amide bonds. The van der Waals surface area contributed by atoms with Gasteiger partial charge in [-0.1, -0.05) is 25.5 Å². The van der Waals surface area contributed by atoms with E-state index in [9.17, 15) is 4.39 Å². The van der Waals surface area contributed by atoms with E-state index in [1.807, 2.05) is 18.3 Å². The van der Waals surface area contributed by atoms with Crippen LogP contribution in [0.2, 0.25) is 0 Å². The van der Waals surface area contributed by atoms with Gasteiger partial charge in [-0.05, 0) is 36.2 Å². The van der Waals surface area contributed by atoms with Gasteiger partial charge in [-0.3, -0.25) is 4.98 Å². The molecule has 23 heavy (non-hydrogen) atoms. The molecule has 4 heteroatoms. The maximum Gasteiger partial charge on any atom is 0.129 e. The molecular weight excluding hydrogens is 289 g/mol. The number of nitrogens with zero attached hydrogens (tertiary/aromatic N) is 3. The second-order valence-corrected chi connectivity index (χ2v) is 5.39. The Hall–Kier alpha value is -2.62. The molecule has 0 aliphatic heterocycles. The SMILES string of the molecule is CCCCc1ncc(-c2ccc(F)cc2)c(-c2ccncc2)n1. The summed E-state index contributed by atoms with van der Waals surface area (Å²) in [5, 5.41) is 0. The standard InChI is InChI=1S/C19H18FN3/c1-2-3-4-18-22-13-17(14-5-7-16(20)8-6-14)19(23-18)15-9-11-21-12-10-15/h5-13H,2-4H2,1H3. The molecule has 2 heterocycles. The lowest BCUT2D eigenvalue weighted by Crippen LogP contribution is -1.99. The number of hydrogen-bond acceptors (Lipinski definition) is 3. The number of benzene rings is 1. The second kappa shape index (κ2) is 7.09. The summed E-state index contributed by atoms with van der Waals surface area (Å²) >= 11 is 0. The van der Waals surface area contributed by atoms with Crippen molar-refractivity contribution in [2.24, 2.45) is 0 Å². The van der Waals surface area contributed by atoms with Crippen LogP contribution >= 0.6 is 0 Å². The van der Waals surface area contributed by atoms with Crippen molar-refractivity contribution in [3.05, 3.63) is 66.6 Å². The highest BCUT2D eigenvalue weighted by atomic mass is 19.1. The molecule has 0 spiro atoms. The minimum atomic E-state index is -0.250. The van der Waals surface area contributed by atoms with Crippen LogP contribution in [0.1, 0.15) is 25.6 Å². The molecule has 1 aromatic carbocycles. The zero-order chi connectivity index (χ0) is 16.1. The molecule has 0 saturated carbocycles. The van der Waals surface area contributed by atoms with Crippen LogP contribution in [0.4, 0.5) is 4.39 Å². The number of rotatable bonds is 5. The second-order valence-electron chi connectivity index (χ2n) is 5.39. The van der Waals surface area contributed by atoms with Crippen LogP contribution in [0, 0.1) is 5.82 Å². The third-order valence-corrected chi connectivity index (χ3v) is 3.70. The number of hydrogen-bond donors (Lipinski definition) is 0. The van der Waals surface area contributed by atoms with Crippen LogP contribution in [-0.4, -0.2) is 15.0 Å². The lowest BCUT2D eigenvalue weighted by atomic mass is 10.0. The summed E-state index contributed by atoms with van der Waals surface area (Å²) in [5.41, 5.74) is 3.65. The van der Waals surface area contributed by atoms with E-state index in [0.717, 1.165) is 47.5 Å². The Bertz CT molecular complexity index is 770. The third kappa shape index (κ3) is 3.59. The highest BCUT2D eigenvalue weighted by molar-refractivity contribution is 5.79. The maximum atomic E-state index is 13.2. The summed E-state index contributed by atoms with van der Waals surface area (Å²) in [6.07, 6.45) is 8.35. The predicted octanol–water partition coefficient (Wildman–Crippen LogP) is 4.69. The summed E-state index contributed by atoms with van der Waals surface area (Å²) in [7, 11) is 0. The van der Waals surface area contributed by atoms with Gasteiger partial charge in [0, 0.05) is 36.1 Å². The van der Waals surface area contributed by atoms with Crippen molar-refractivity contribution in [3.63, 3.8) is 0 Å². The van der Waals surface area contributed by atoms with Crippen molar-refractivity contribution < 1.29 is 4.39 Å². The quantitative estimate of drug-likeness (QED) is 0.686. The van der Waals surface area contributed by atoms with Crippen LogP contribution in [0.15, 0.2) is 55.0 Å². The molecule has 0 aliphatic carbocycles. The van der Waals surface area contributed by atoms with Gasteiger partial charge in [0.1, 0.15) is 11.6 Å². The Balaban J connectivity index is 2.09. The van der Waals surface area contributed by atoms with Gasteiger partial charge in [-0.15, -0.1) is 0 Å². The molecule has 3 rings (SSSR count). The Morgan fingerprint density at radius 3 is 2.39 bits per heavy atom. The first kappa shape index (κ1) is 15.3. The number of pyridine rings is 1. The highest BCUT2D eigenvalue weighted by Crippen LogP contribution is 2.30. The van der Waals surface area contributed by atoms with Gasteiger partial charge in [0.15, 0.2) is 0 Å². The number of aromatic nitrogens is 3. The van der Waals surface area contributed by atoms with Crippen molar-refractivity contribution >= 4 is 0 Å². The Kier molecular flexibility index (Phi) is 4.71. The van der Waals surface area contributed by atoms with Gasteiger partial charge in [0.05, 0.1) is 5.69 Å². The van der Waals surface area contributed by atoms with Crippen LogP contribution in [0.5, 0.6) is 0 Å². The normalized spacial score (nSPS) is 10.7. The number of unbranched alkanes of at least 4 members (excludes halogenated alkanes) is 1. The maximum absolute atomic E-state index is 13.2. The molecule has 0 bridgehead atoms. The van der Waals surface area contributed by atoms with Crippen LogP contribution in [0.3, 0.4) is 0 Å². The van der Waals surface area contributed by atoms with Crippen LogP contribution < -0.4 is 0 Å². The molecule has 3 nitrogen and oxygen atoms in total. The molecular formula is C19H18FN3. The summed E-state index contributed by atoms with van der Waals surface area (Å²) in [5.74, 6) is 0.587. The van der Waals surface area contributed by atoms with Crippen LogP contribution in [0.25, 0.3) is 22.4 Å². The zero-order valence-corrected chi connectivity index (χ0v) is 13.0. The number of halogens is 1. The van der Waals surface area contributed by atoms with Crippen LogP contribution in [-0.2, 0) is 6.42 Å². The third-order valence-electron chi connectivity index (χ3n) is 3.70. The Morgan fingerprint density at radius 2 is 1.70 bits per heavy atom. The Labute approximate surface area is 135 Å². The van der Waals surface area contributed by atoms with Gasteiger partial charge in [-0.2, -0.15) is 0 Å². The molecule has 2 aromatic heterocycles. The van der Waals surface area contributed by atoms with Crippen molar-refractivity contribution in [1.29, 1.82) is 0 Å². The molecule has 0 N–H and O–H groups in total. The van der Waals surface area contributed by atoms with E-state index in [1.165, 1.54) is 12.1 Å². The minimum Gasteiger partial charge on any atom is -0.265 e. The average molecular weight is 307 g/mol. The monoisotopic (exact) mass is 307 g/mol. The fourth-order valence-corrected chi connectivity index (χ4v) is 2.44. The largest absolute Gasteiger partial charge is 0.265 e. The molecule has 3 aromatic rings. The van der Waals surface area contributed by atoms with E-state index in [-0.39, 0.29) is 5.82 Å². The topological polar surface area (TPSA) is 38.7 Å². The predicted molar refractivity (Wildman–Crippen MR) is 89.3 cm³/mol. The molecule has 0 saturated heterocycles. The highest BCUT2D eigenvalue weighted by Gasteiger charge is 2.11. The van der Waals surface area contributed by atoms with Crippen molar-refractivity contribution in [2.75, 3.05) is 0 Å². The molecule has 0 unspecified atom stereocenters. The summed E-state index contributed by atoms with van der Waals surface area (Å²) in [6, 6.07) is 10.3. The molecule has 0 aliphatic rings. The number of aryl methyl sites for hydroxylation is 1. The first-order valence-electron chi connectivity index (χ1n) is 7.80. The van der Waals surface area contributed by atoms with Gasteiger partial charge in [0.2, 0.25) is 0 Å². The molecule has 0 radical (unpaired) electrons. The lowest BCUT2D eigenvalue weighted by Gasteiger charge is -2.11. The van der Waals surface area contributed by atoms with Gasteiger partial charge in [-0.25, -0.2) is 14.4 Å². The van der Waals surface area contributed by atoms with Gasteiger partial charge in [0.25, 0.3) is 0 Å². The molecule has 0 atom stereocenters. The fourth-order valence-electron chi connectivity index (χ4n) is 2.44. The minimum absolute atomic E-state index is 0.250. The van der Waals surface area contributed by atoms with E-state index in [1.54, 1.807) is 24.5 Å². The molecule has 116 valence electrons. The average Bonchev–Trinajstić information content (AvgIpc) is 2.61. The first-order chi connectivity index (χ1) is 11.3. The van der Waals surface area contributed by atoms with E-state index in [2.05, 4.69) is 16.9 Å². The van der Waals surface area contributed by atoms with Crippen molar-refractivity contribution in [3.8, 4) is 22.4 Å². The smallest absolute Gasteiger partial charge is 0.129 e. The first-order valence-corrected chi connectivity index (χ1v) is 7.80. The summed E-state index contributed by atoms with van der Waals surface area (Å²) in [6.45, 7) is 2.15. The summed E-state index contributed by atoms with van der Waals surface area (Å²) in [4.78, 5) is 13.3. The van der Waals surface area contributed by atoms with Crippen molar-refractivity contribution in [2.45, 2.75) is 26.2 Å². The van der Waals surface area contributed by atoms with E-state index < -0.39 is 0 Å².